The zero-order valence-electron chi connectivity index (χ0n) is 16.1. The fourth-order valence-corrected chi connectivity index (χ4v) is 3.95. The molecule has 3 heterocycles. The van der Waals surface area contributed by atoms with Crippen LogP contribution < -0.4 is 10.3 Å². The Morgan fingerprint density at radius 3 is 2.52 bits per heavy atom. The quantitative estimate of drug-likeness (QED) is 0.530. The Hall–Kier alpha value is -4.20. The summed E-state index contributed by atoms with van der Waals surface area (Å²) in [6.07, 6.45) is 4.67. The molecule has 0 saturated carbocycles. The Morgan fingerprint density at radius 1 is 1.06 bits per heavy atom. The summed E-state index contributed by atoms with van der Waals surface area (Å²) in [6, 6.07) is 10.6. The number of aromatic nitrogens is 2. The van der Waals surface area contributed by atoms with Gasteiger partial charge in [-0.2, -0.15) is 0 Å². The molecule has 5 rings (SSSR count). The minimum Gasteiger partial charge on any atom is -0.508 e. The monoisotopic (exact) mass is 417 g/mol. The first-order valence-electron chi connectivity index (χ1n) is 9.50. The van der Waals surface area contributed by atoms with Gasteiger partial charge in [-0.3, -0.25) is 9.78 Å². The Balaban J connectivity index is 1.74. The van der Waals surface area contributed by atoms with Crippen LogP contribution in [-0.2, 0) is 13.1 Å². The molecule has 8 heteroatoms. The standard InChI is InChI=1S/C23H16FN3O4/c24-19-7-17-20(8-21(19)26-10-13-5-6-25-9-14(13)11-26)27(12-18(22(17)29)23(30)31)15-1-3-16(28)4-2-15/h1-9,12,28H,10-11H2,(H,30,31). The summed E-state index contributed by atoms with van der Waals surface area (Å²) in [7, 11) is 0. The number of fused-ring (bicyclic) bond motifs is 2. The van der Waals surface area contributed by atoms with E-state index in [1.54, 1.807) is 30.6 Å². The van der Waals surface area contributed by atoms with Gasteiger partial charge in [-0.15, -0.1) is 0 Å². The van der Waals surface area contributed by atoms with Crippen molar-refractivity contribution in [1.29, 1.82) is 0 Å². The van der Waals surface area contributed by atoms with Crippen molar-refractivity contribution in [3.05, 3.63) is 93.8 Å². The number of nitrogens with zero attached hydrogens (tertiary/aromatic N) is 3. The fourth-order valence-electron chi connectivity index (χ4n) is 3.95. The van der Waals surface area contributed by atoms with E-state index in [2.05, 4.69) is 4.98 Å². The summed E-state index contributed by atoms with van der Waals surface area (Å²) in [5.41, 5.74) is 2.02. The SMILES string of the molecule is O=C(O)c1cn(-c2ccc(O)cc2)c2cc(N3Cc4ccncc4C3)c(F)cc2c1=O. The van der Waals surface area contributed by atoms with Crippen LogP contribution >= 0.6 is 0 Å². The van der Waals surface area contributed by atoms with Crippen molar-refractivity contribution in [3.8, 4) is 11.4 Å². The summed E-state index contributed by atoms with van der Waals surface area (Å²) in [6.45, 7) is 0.971. The predicted octanol–water partition coefficient (Wildman–Crippen LogP) is 3.45. The number of phenolic OH excluding ortho intramolecular Hbond substituents is 1. The van der Waals surface area contributed by atoms with E-state index in [9.17, 15) is 19.8 Å². The maximum Gasteiger partial charge on any atom is 0.341 e. The van der Waals surface area contributed by atoms with E-state index in [1.165, 1.54) is 22.9 Å². The van der Waals surface area contributed by atoms with E-state index in [-0.39, 0.29) is 11.1 Å². The van der Waals surface area contributed by atoms with Crippen molar-refractivity contribution < 1.29 is 19.4 Å². The van der Waals surface area contributed by atoms with Crippen molar-refractivity contribution in [2.75, 3.05) is 4.90 Å². The lowest BCUT2D eigenvalue weighted by Gasteiger charge is -2.21. The highest BCUT2D eigenvalue weighted by atomic mass is 19.1. The van der Waals surface area contributed by atoms with Gasteiger partial charge in [0.05, 0.1) is 11.2 Å². The second kappa shape index (κ2) is 6.94. The number of aromatic hydroxyl groups is 1. The van der Waals surface area contributed by atoms with Crippen molar-refractivity contribution in [3.63, 3.8) is 0 Å². The van der Waals surface area contributed by atoms with Crippen LogP contribution in [0, 0.1) is 5.82 Å². The lowest BCUT2D eigenvalue weighted by molar-refractivity contribution is 0.0695. The molecule has 31 heavy (non-hydrogen) atoms. The summed E-state index contributed by atoms with van der Waals surface area (Å²) < 4.78 is 16.6. The molecule has 2 aromatic heterocycles. The van der Waals surface area contributed by atoms with Crippen LogP contribution in [-0.4, -0.2) is 25.7 Å². The Labute approximate surface area is 175 Å². The number of carboxylic acid groups (broad SMARTS) is 1. The van der Waals surface area contributed by atoms with Gasteiger partial charge in [-0.1, -0.05) is 0 Å². The van der Waals surface area contributed by atoms with Crippen LogP contribution in [0.3, 0.4) is 0 Å². The second-order valence-corrected chi connectivity index (χ2v) is 7.38. The Morgan fingerprint density at radius 2 is 1.81 bits per heavy atom. The molecule has 0 spiro atoms. The molecule has 0 saturated heterocycles. The van der Waals surface area contributed by atoms with Crippen molar-refractivity contribution in [2.45, 2.75) is 13.1 Å². The number of rotatable bonds is 3. The molecule has 2 aromatic carbocycles. The Bertz CT molecular complexity index is 1390. The first kappa shape index (κ1) is 18.8. The lowest BCUT2D eigenvalue weighted by Crippen LogP contribution is -2.20. The van der Waals surface area contributed by atoms with Gasteiger partial charge in [0.1, 0.15) is 17.1 Å². The highest BCUT2D eigenvalue weighted by Crippen LogP contribution is 2.32. The van der Waals surface area contributed by atoms with Gasteiger partial charge in [0.25, 0.3) is 0 Å². The Kier molecular flexibility index (Phi) is 4.21. The number of anilines is 1. The van der Waals surface area contributed by atoms with Gasteiger partial charge < -0.3 is 19.7 Å². The van der Waals surface area contributed by atoms with Crippen molar-refractivity contribution in [1.82, 2.24) is 9.55 Å². The molecule has 0 atom stereocenters. The third kappa shape index (κ3) is 3.09. The van der Waals surface area contributed by atoms with E-state index >= 15 is 4.39 Å². The number of halogens is 1. The van der Waals surface area contributed by atoms with Gasteiger partial charge in [-0.05, 0) is 53.6 Å². The third-order valence-electron chi connectivity index (χ3n) is 5.50. The number of pyridine rings is 2. The van der Waals surface area contributed by atoms with Gasteiger partial charge in [0.15, 0.2) is 0 Å². The highest BCUT2D eigenvalue weighted by Gasteiger charge is 2.24. The normalized spacial score (nSPS) is 12.9. The molecule has 4 aromatic rings. The smallest absolute Gasteiger partial charge is 0.341 e. The van der Waals surface area contributed by atoms with E-state index in [4.69, 9.17) is 0 Å². The van der Waals surface area contributed by atoms with Crippen LogP contribution in [0.25, 0.3) is 16.6 Å². The van der Waals surface area contributed by atoms with Crippen LogP contribution in [0.15, 0.2) is 65.8 Å². The van der Waals surface area contributed by atoms with Crippen LogP contribution in [0.5, 0.6) is 5.75 Å². The van der Waals surface area contributed by atoms with Crippen LogP contribution in [0.2, 0.25) is 0 Å². The van der Waals surface area contributed by atoms with E-state index in [0.717, 1.165) is 17.2 Å². The third-order valence-corrected chi connectivity index (χ3v) is 5.50. The van der Waals surface area contributed by atoms with Crippen LogP contribution in [0.1, 0.15) is 21.5 Å². The molecule has 154 valence electrons. The predicted molar refractivity (Wildman–Crippen MR) is 112 cm³/mol. The molecule has 2 N–H and O–H groups in total. The van der Waals surface area contributed by atoms with E-state index < -0.39 is 22.8 Å². The highest BCUT2D eigenvalue weighted by molar-refractivity contribution is 5.94. The summed E-state index contributed by atoms with van der Waals surface area (Å²) in [5, 5.41) is 19.0. The minimum absolute atomic E-state index is 0.0346. The number of aromatic carboxylic acids is 1. The number of hydrogen-bond acceptors (Lipinski definition) is 5. The molecular weight excluding hydrogens is 401 g/mol. The molecule has 0 unspecified atom stereocenters. The van der Waals surface area contributed by atoms with E-state index in [0.29, 0.717) is 30.0 Å². The zero-order valence-corrected chi connectivity index (χ0v) is 16.1. The first-order valence-corrected chi connectivity index (χ1v) is 9.50. The number of carbonyl (C=O) groups is 1. The fraction of sp³-hybridized carbons (Fsp3) is 0.0870. The largest absolute Gasteiger partial charge is 0.508 e. The summed E-state index contributed by atoms with van der Waals surface area (Å²) in [4.78, 5) is 30.3. The molecule has 0 aliphatic carbocycles. The first-order chi connectivity index (χ1) is 14.9. The van der Waals surface area contributed by atoms with E-state index in [1.807, 2.05) is 11.0 Å². The lowest BCUT2D eigenvalue weighted by atomic mass is 10.1. The second-order valence-electron chi connectivity index (χ2n) is 7.38. The number of benzene rings is 2. The topological polar surface area (TPSA) is 95.7 Å². The average Bonchev–Trinajstić information content (AvgIpc) is 3.18. The van der Waals surface area contributed by atoms with Gasteiger partial charge in [-0.25, -0.2) is 9.18 Å². The molecule has 7 nitrogen and oxygen atoms in total. The molecule has 0 radical (unpaired) electrons. The zero-order chi connectivity index (χ0) is 21.7. The molecule has 1 aliphatic rings. The molecule has 0 fully saturated rings. The number of phenols is 1. The van der Waals surface area contributed by atoms with Crippen LogP contribution in [0.4, 0.5) is 10.1 Å². The molecular formula is C23H16FN3O4. The maximum absolute atomic E-state index is 15.1. The van der Waals surface area contributed by atoms with Crippen molar-refractivity contribution in [2.24, 2.45) is 0 Å². The van der Waals surface area contributed by atoms with Gasteiger partial charge >= 0.3 is 5.97 Å². The van der Waals surface area contributed by atoms with Gasteiger partial charge in [0, 0.05) is 42.8 Å². The molecule has 1 aliphatic heterocycles. The average molecular weight is 417 g/mol. The minimum atomic E-state index is -1.40. The maximum atomic E-state index is 15.1. The molecule has 0 bridgehead atoms. The number of carboxylic acids is 1. The van der Waals surface area contributed by atoms with Crippen molar-refractivity contribution >= 4 is 22.6 Å². The number of hydrogen-bond donors (Lipinski definition) is 2. The summed E-state index contributed by atoms with van der Waals surface area (Å²) in [5.74, 6) is -1.96. The molecule has 0 amide bonds. The van der Waals surface area contributed by atoms with Gasteiger partial charge in [0.2, 0.25) is 5.43 Å². The summed E-state index contributed by atoms with van der Waals surface area (Å²) >= 11 is 0.